The van der Waals surface area contributed by atoms with E-state index in [0.717, 1.165) is 35.1 Å². The average Bonchev–Trinajstić information content (AvgIpc) is 3.12. The summed E-state index contributed by atoms with van der Waals surface area (Å²) in [7, 11) is 0. The number of ether oxygens (including phenoxy) is 1. The van der Waals surface area contributed by atoms with Gasteiger partial charge in [0.2, 0.25) is 0 Å². The number of unbranched alkanes of at least 4 members (excludes halogenated alkanes) is 1. The molecule has 0 aliphatic heterocycles. The quantitative estimate of drug-likeness (QED) is 0.508. The number of nitrogens with one attached hydrogen (secondary N) is 2. The number of amides is 2. The van der Waals surface area contributed by atoms with Crippen molar-refractivity contribution in [2.24, 2.45) is 0 Å². The van der Waals surface area contributed by atoms with Crippen molar-refractivity contribution in [2.45, 2.75) is 44.6 Å². The Kier molecular flexibility index (Phi) is 8.48. The minimum Gasteiger partial charge on any atom is -0.481 e. The zero-order chi connectivity index (χ0) is 23.6. The maximum atomic E-state index is 12.1. The molecule has 172 valence electrons. The van der Waals surface area contributed by atoms with Crippen molar-refractivity contribution < 1.29 is 24.2 Å². The number of carboxylic acids is 1. The van der Waals surface area contributed by atoms with Crippen molar-refractivity contribution in [3.63, 3.8) is 0 Å². The van der Waals surface area contributed by atoms with Gasteiger partial charge in [-0.3, -0.25) is 9.59 Å². The molecule has 1 aliphatic carbocycles. The second-order valence-electron chi connectivity index (χ2n) is 7.89. The van der Waals surface area contributed by atoms with Crippen molar-refractivity contribution in [2.75, 3.05) is 13.2 Å². The van der Waals surface area contributed by atoms with E-state index in [1.54, 1.807) is 0 Å². The Hall–Kier alpha value is -3.79. The van der Waals surface area contributed by atoms with E-state index in [2.05, 4.69) is 34.6 Å². The van der Waals surface area contributed by atoms with Crippen LogP contribution >= 0.6 is 0 Å². The van der Waals surface area contributed by atoms with Crippen molar-refractivity contribution in [3.8, 4) is 23.0 Å². The second kappa shape index (κ2) is 11.7. The third kappa shape index (κ3) is 6.59. The molecular formula is C26H28N2O5. The zero-order valence-corrected chi connectivity index (χ0v) is 18.6. The van der Waals surface area contributed by atoms with E-state index in [4.69, 9.17) is 9.84 Å². The highest BCUT2D eigenvalue weighted by Gasteiger charge is 2.28. The van der Waals surface area contributed by atoms with Crippen LogP contribution < -0.4 is 10.6 Å². The number of hydrogen-bond acceptors (Lipinski definition) is 4. The Labute approximate surface area is 193 Å². The maximum Gasteiger partial charge on any atom is 0.407 e. The Morgan fingerprint density at radius 1 is 1.06 bits per heavy atom. The first-order valence-corrected chi connectivity index (χ1v) is 11.1. The number of carbonyl (C=O) groups is 3. The molecule has 1 aliphatic rings. The summed E-state index contributed by atoms with van der Waals surface area (Å²) in [6.45, 7) is 2.14. The van der Waals surface area contributed by atoms with Crippen LogP contribution in [0.25, 0.3) is 11.1 Å². The Bertz CT molecular complexity index is 1020. The largest absolute Gasteiger partial charge is 0.481 e. The second-order valence-corrected chi connectivity index (χ2v) is 7.89. The van der Waals surface area contributed by atoms with Gasteiger partial charge in [0, 0.05) is 12.0 Å². The standard InChI is InChI=1S/C26H28N2O5/c1-2-3-9-18(16-25(30)31)28-24(29)14-8-15-27-26(32)33-17-23-21-12-6-4-10-19(21)20-11-5-7-13-22(20)23/h4-7,10-13,18,23H,2-3,9,15-17H2,1H3,(H,27,32)(H,28,29)(H,30,31). The molecule has 2 amide bonds. The van der Waals surface area contributed by atoms with Crippen LogP contribution in [0.5, 0.6) is 0 Å². The predicted octanol–water partition coefficient (Wildman–Crippen LogP) is 3.68. The lowest BCUT2D eigenvalue weighted by molar-refractivity contribution is -0.137. The molecule has 0 radical (unpaired) electrons. The van der Waals surface area contributed by atoms with Gasteiger partial charge >= 0.3 is 12.1 Å². The number of carbonyl (C=O) groups excluding carboxylic acids is 2. The third-order valence-electron chi connectivity index (χ3n) is 5.53. The van der Waals surface area contributed by atoms with Crippen LogP contribution in [0.2, 0.25) is 0 Å². The van der Waals surface area contributed by atoms with Crippen molar-refractivity contribution in [1.29, 1.82) is 0 Å². The van der Waals surface area contributed by atoms with Gasteiger partial charge in [-0.2, -0.15) is 0 Å². The van der Waals surface area contributed by atoms with E-state index in [1.165, 1.54) is 0 Å². The summed E-state index contributed by atoms with van der Waals surface area (Å²) in [5.74, 6) is 3.38. The minimum atomic E-state index is -0.971. The molecule has 7 nitrogen and oxygen atoms in total. The van der Waals surface area contributed by atoms with E-state index in [9.17, 15) is 14.4 Å². The minimum absolute atomic E-state index is 0.0331. The summed E-state index contributed by atoms with van der Waals surface area (Å²) in [6, 6.07) is 15.7. The first-order valence-electron chi connectivity index (χ1n) is 11.1. The number of hydrogen-bond donors (Lipinski definition) is 3. The number of aliphatic carboxylic acids is 1. The van der Waals surface area contributed by atoms with E-state index >= 15 is 0 Å². The molecular weight excluding hydrogens is 420 g/mol. The molecule has 2 aromatic carbocycles. The number of rotatable bonds is 9. The summed E-state index contributed by atoms with van der Waals surface area (Å²) >= 11 is 0. The molecule has 3 N–H and O–H groups in total. The average molecular weight is 449 g/mol. The predicted molar refractivity (Wildman–Crippen MR) is 125 cm³/mol. The van der Waals surface area contributed by atoms with Crippen LogP contribution in [0.3, 0.4) is 0 Å². The molecule has 0 bridgehead atoms. The molecule has 1 atom stereocenters. The smallest absolute Gasteiger partial charge is 0.407 e. The van der Waals surface area contributed by atoms with Gasteiger partial charge in [0.25, 0.3) is 5.91 Å². The number of carboxylic acid groups (broad SMARTS) is 1. The fraction of sp³-hybridized carbons (Fsp3) is 0.346. The summed E-state index contributed by atoms with van der Waals surface area (Å²) in [6.07, 6.45) is 1.54. The van der Waals surface area contributed by atoms with E-state index < -0.39 is 24.0 Å². The van der Waals surface area contributed by atoms with E-state index in [1.807, 2.05) is 43.3 Å². The number of fused-ring (bicyclic) bond motifs is 3. The Morgan fingerprint density at radius 3 is 2.30 bits per heavy atom. The van der Waals surface area contributed by atoms with Gasteiger partial charge in [-0.1, -0.05) is 74.2 Å². The molecule has 0 heterocycles. The molecule has 7 heteroatoms. The summed E-state index contributed by atoms with van der Waals surface area (Å²) in [5, 5.41) is 14.1. The van der Waals surface area contributed by atoms with Gasteiger partial charge in [-0.25, -0.2) is 4.79 Å². The fourth-order valence-corrected chi connectivity index (χ4v) is 4.00. The van der Waals surface area contributed by atoms with E-state index in [-0.39, 0.29) is 25.5 Å². The van der Waals surface area contributed by atoms with Crippen LogP contribution in [-0.2, 0) is 14.3 Å². The summed E-state index contributed by atoms with van der Waals surface area (Å²) in [4.78, 5) is 35.0. The van der Waals surface area contributed by atoms with Gasteiger partial charge in [0.05, 0.1) is 13.0 Å². The Morgan fingerprint density at radius 2 is 1.70 bits per heavy atom. The molecule has 0 saturated heterocycles. The van der Waals surface area contributed by atoms with Gasteiger partial charge in [0.15, 0.2) is 0 Å². The lowest BCUT2D eigenvalue weighted by atomic mass is 9.98. The molecule has 3 rings (SSSR count). The molecule has 2 aromatic rings. The lowest BCUT2D eigenvalue weighted by Gasteiger charge is -2.14. The molecule has 0 aromatic heterocycles. The van der Waals surface area contributed by atoms with Crippen molar-refractivity contribution >= 4 is 18.0 Å². The maximum absolute atomic E-state index is 12.1. The number of alkyl carbamates (subject to hydrolysis) is 1. The van der Waals surface area contributed by atoms with Gasteiger partial charge in [-0.05, 0) is 34.6 Å². The lowest BCUT2D eigenvalue weighted by Crippen LogP contribution is -2.35. The highest BCUT2D eigenvalue weighted by Crippen LogP contribution is 2.44. The van der Waals surface area contributed by atoms with Crippen molar-refractivity contribution in [3.05, 3.63) is 59.7 Å². The van der Waals surface area contributed by atoms with Crippen LogP contribution in [0.15, 0.2) is 48.5 Å². The molecule has 1 unspecified atom stereocenters. The molecule has 0 spiro atoms. The van der Waals surface area contributed by atoms with Gasteiger partial charge in [-0.15, -0.1) is 0 Å². The van der Waals surface area contributed by atoms with Crippen LogP contribution in [0.4, 0.5) is 4.79 Å². The molecule has 0 saturated carbocycles. The van der Waals surface area contributed by atoms with Crippen LogP contribution in [-0.4, -0.2) is 42.3 Å². The van der Waals surface area contributed by atoms with Gasteiger partial charge < -0.3 is 20.5 Å². The van der Waals surface area contributed by atoms with Crippen LogP contribution in [0.1, 0.15) is 49.7 Å². The SMILES string of the molecule is CCCCC(CC(=O)O)NC(=O)C#CCNC(=O)OCC1c2ccccc2-c2ccccc21. The van der Waals surface area contributed by atoms with Gasteiger partial charge in [0.1, 0.15) is 6.61 Å². The Balaban J connectivity index is 1.47. The summed E-state index contributed by atoms with van der Waals surface area (Å²) < 4.78 is 5.42. The normalized spacial score (nSPS) is 12.5. The number of benzene rings is 2. The molecule has 33 heavy (non-hydrogen) atoms. The zero-order valence-electron chi connectivity index (χ0n) is 18.6. The van der Waals surface area contributed by atoms with Crippen molar-refractivity contribution in [1.82, 2.24) is 10.6 Å². The first kappa shape index (κ1) is 23.9. The monoisotopic (exact) mass is 448 g/mol. The first-order chi connectivity index (χ1) is 16.0. The fourth-order valence-electron chi connectivity index (χ4n) is 4.00. The summed E-state index contributed by atoms with van der Waals surface area (Å²) in [5.41, 5.74) is 4.56. The highest BCUT2D eigenvalue weighted by atomic mass is 16.5. The highest BCUT2D eigenvalue weighted by molar-refractivity contribution is 5.94. The van der Waals surface area contributed by atoms with E-state index in [0.29, 0.717) is 6.42 Å². The van der Waals surface area contributed by atoms with Crippen LogP contribution in [0, 0.1) is 11.8 Å². The molecule has 0 fully saturated rings. The topological polar surface area (TPSA) is 105 Å². The third-order valence-corrected chi connectivity index (χ3v) is 5.53.